The van der Waals surface area contributed by atoms with Gasteiger partial charge in [-0.3, -0.25) is 4.79 Å². The summed E-state index contributed by atoms with van der Waals surface area (Å²) in [5, 5.41) is 7.24. The van der Waals surface area contributed by atoms with Crippen LogP contribution >= 0.6 is 0 Å². The maximum atomic E-state index is 13.1. The van der Waals surface area contributed by atoms with E-state index < -0.39 is 12.0 Å². The van der Waals surface area contributed by atoms with E-state index in [0.29, 0.717) is 34.4 Å². The van der Waals surface area contributed by atoms with Gasteiger partial charge in [0.2, 0.25) is 11.9 Å². The second-order valence-electron chi connectivity index (χ2n) is 7.74. The highest BCUT2D eigenvalue weighted by Gasteiger charge is 2.38. The third kappa shape index (κ3) is 4.68. The van der Waals surface area contributed by atoms with Crippen molar-refractivity contribution in [3.8, 4) is 11.5 Å². The van der Waals surface area contributed by atoms with Crippen molar-refractivity contribution < 1.29 is 23.8 Å². The first-order valence-corrected chi connectivity index (χ1v) is 11.1. The maximum Gasteiger partial charge on any atom is 0.338 e. The van der Waals surface area contributed by atoms with Gasteiger partial charge >= 0.3 is 5.97 Å². The van der Waals surface area contributed by atoms with E-state index in [-0.39, 0.29) is 19.1 Å². The van der Waals surface area contributed by atoms with Gasteiger partial charge in [-0.1, -0.05) is 30.3 Å². The minimum atomic E-state index is -0.534. The number of amides is 1. The van der Waals surface area contributed by atoms with Crippen LogP contribution in [-0.4, -0.2) is 54.0 Å². The van der Waals surface area contributed by atoms with E-state index in [9.17, 15) is 9.59 Å². The predicted octanol–water partition coefficient (Wildman–Crippen LogP) is 3.18. The molecule has 2 heterocycles. The molecule has 1 unspecified atom stereocenters. The molecule has 1 aliphatic rings. The molecular formula is C25H27N5O5. The van der Waals surface area contributed by atoms with E-state index in [1.807, 2.05) is 30.3 Å². The van der Waals surface area contributed by atoms with Crippen LogP contribution in [0.2, 0.25) is 0 Å². The normalized spacial score (nSPS) is 14.9. The summed E-state index contributed by atoms with van der Waals surface area (Å²) in [6.07, 6.45) is 1.41. The highest BCUT2D eigenvalue weighted by molar-refractivity contribution is 5.97. The Morgan fingerprint density at radius 1 is 1.09 bits per heavy atom. The lowest BCUT2D eigenvalue weighted by Crippen LogP contribution is -2.40. The standard InChI is InChI=1S/C25H27N5O5/c1-5-35-24(32)22-16(2)29(14-21(31)28-19-12-11-18(33-3)13-20(19)34-4)25-26-15-27-30(25)23(22)17-9-7-6-8-10-17/h6-13,15,23H,5,14H2,1-4H3,(H,28,31). The number of nitrogens with zero attached hydrogens (tertiary/aromatic N) is 4. The lowest BCUT2D eigenvalue weighted by Gasteiger charge is -2.35. The number of rotatable bonds is 8. The first-order chi connectivity index (χ1) is 17.0. The van der Waals surface area contributed by atoms with E-state index in [0.717, 1.165) is 5.56 Å². The molecule has 35 heavy (non-hydrogen) atoms. The number of benzene rings is 2. The number of methoxy groups -OCH3 is 2. The fraction of sp³-hybridized carbons (Fsp3) is 0.280. The molecule has 0 bridgehead atoms. The molecule has 0 radical (unpaired) electrons. The molecule has 1 atom stereocenters. The van der Waals surface area contributed by atoms with Gasteiger partial charge in [0.05, 0.1) is 32.1 Å². The number of nitrogens with one attached hydrogen (secondary N) is 1. The highest BCUT2D eigenvalue weighted by Crippen LogP contribution is 2.38. The smallest absolute Gasteiger partial charge is 0.338 e. The van der Waals surface area contributed by atoms with E-state index >= 15 is 0 Å². The van der Waals surface area contributed by atoms with Crippen molar-refractivity contribution in [2.75, 3.05) is 37.6 Å². The lowest BCUT2D eigenvalue weighted by atomic mass is 9.95. The molecule has 0 saturated heterocycles. The second-order valence-corrected chi connectivity index (χ2v) is 7.74. The van der Waals surface area contributed by atoms with Crippen LogP contribution in [0.5, 0.6) is 11.5 Å². The van der Waals surface area contributed by atoms with Gasteiger partial charge in [-0.25, -0.2) is 9.48 Å². The third-order valence-electron chi connectivity index (χ3n) is 5.70. The Morgan fingerprint density at radius 2 is 1.86 bits per heavy atom. The van der Waals surface area contributed by atoms with Gasteiger partial charge in [-0.05, 0) is 31.5 Å². The minimum absolute atomic E-state index is 0.107. The number of allylic oxidation sites excluding steroid dienone is 1. The number of ether oxygens (including phenoxy) is 3. The Morgan fingerprint density at radius 3 is 2.54 bits per heavy atom. The van der Waals surface area contributed by atoms with Crippen LogP contribution in [-0.2, 0) is 14.3 Å². The van der Waals surface area contributed by atoms with Crippen LogP contribution < -0.4 is 19.7 Å². The SMILES string of the molecule is CCOC(=O)C1=C(C)N(CC(=O)Nc2ccc(OC)cc2OC)c2ncnn2C1c1ccccc1. The summed E-state index contributed by atoms with van der Waals surface area (Å²) < 4.78 is 17.6. The molecule has 10 heteroatoms. The highest BCUT2D eigenvalue weighted by atomic mass is 16.5. The molecular weight excluding hydrogens is 450 g/mol. The molecule has 1 aliphatic heterocycles. The number of aromatic nitrogens is 3. The number of esters is 1. The molecule has 0 fully saturated rings. The van der Waals surface area contributed by atoms with Crippen LogP contribution in [0.1, 0.15) is 25.5 Å². The van der Waals surface area contributed by atoms with Crippen LogP contribution in [0.15, 0.2) is 66.1 Å². The van der Waals surface area contributed by atoms with E-state index in [1.165, 1.54) is 13.4 Å². The molecule has 10 nitrogen and oxygen atoms in total. The Balaban J connectivity index is 1.69. The van der Waals surface area contributed by atoms with Crippen molar-refractivity contribution in [1.29, 1.82) is 0 Å². The molecule has 0 spiro atoms. The third-order valence-corrected chi connectivity index (χ3v) is 5.70. The van der Waals surface area contributed by atoms with Crippen LogP contribution in [0.25, 0.3) is 0 Å². The number of carbonyl (C=O) groups excluding carboxylic acids is 2. The van der Waals surface area contributed by atoms with Gasteiger partial charge in [-0.15, -0.1) is 0 Å². The quantitative estimate of drug-likeness (QED) is 0.493. The molecule has 1 N–H and O–H groups in total. The molecule has 0 saturated carbocycles. The first-order valence-electron chi connectivity index (χ1n) is 11.1. The maximum absolute atomic E-state index is 13.1. The zero-order chi connectivity index (χ0) is 24.9. The summed E-state index contributed by atoms with van der Waals surface area (Å²) in [5.74, 6) is 0.712. The summed E-state index contributed by atoms with van der Waals surface area (Å²) in [4.78, 5) is 32.2. The number of hydrogen-bond donors (Lipinski definition) is 1. The Bertz CT molecular complexity index is 1250. The van der Waals surface area contributed by atoms with Gasteiger partial charge in [0.25, 0.3) is 0 Å². The van der Waals surface area contributed by atoms with Gasteiger partial charge < -0.3 is 24.4 Å². The first kappa shape index (κ1) is 23.8. The number of fused-ring (bicyclic) bond motifs is 1. The summed E-state index contributed by atoms with van der Waals surface area (Å²) in [6.45, 7) is 3.65. The summed E-state index contributed by atoms with van der Waals surface area (Å²) in [7, 11) is 3.07. The topological polar surface area (TPSA) is 108 Å². The van der Waals surface area contributed by atoms with Crippen LogP contribution in [0.3, 0.4) is 0 Å². The largest absolute Gasteiger partial charge is 0.497 e. The zero-order valence-electron chi connectivity index (χ0n) is 20.0. The van der Waals surface area contributed by atoms with Gasteiger partial charge in [0, 0.05) is 11.8 Å². The van der Waals surface area contributed by atoms with Crippen molar-refractivity contribution in [1.82, 2.24) is 14.8 Å². The summed E-state index contributed by atoms with van der Waals surface area (Å²) >= 11 is 0. The fourth-order valence-corrected chi connectivity index (χ4v) is 4.07. The fourth-order valence-electron chi connectivity index (χ4n) is 4.07. The lowest BCUT2D eigenvalue weighted by molar-refractivity contribution is -0.139. The summed E-state index contributed by atoms with van der Waals surface area (Å²) in [6, 6.07) is 14.1. The van der Waals surface area contributed by atoms with Gasteiger partial charge in [0.1, 0.15) is 30.4 Å². The summed E-state index contributed by atoms with van der Waals surface area (Å²) in [5.41, 5.74) is 2.31. The van der Waals surface area contributed by atoms with Crippen molar-refractivity contribution >= 4 is 23.5 Å². The predicted molar refractivity (Wildman–Crippen MR) is 129 cm³/mol. The average Bonchev–Trinajstić information content (AvgIpc) is 3.35. The monoisotopic (exact) mass is 477 g/mol. The minimum Gasteiger partial charge on any atom is -0.497 e. The molecule has 1 amide bonds. The van der Waals surface area contributed by atoms with Crippen molar-refractivity contribution in [3.63, 3.8) is 0 Å². The van der Waals surface area contributed by atoms with Crippen molar-refractivity contribution in [2.24, 2.45) is 0 Å². The molecule has 0 aliphatic carbocycles. The van der Waals surface area contributed by atoms with E-state index in [4.69, 9.17) is 14.2 Å². The number of hydrogen-bond acceptors (Lipinski definition) is 8. The van der Waals surface area contributed by atoms with Crippen LogP contribution in [0, 0.1) is 0 Å². The zero-order valence-corrected chi connectivity index (χ0v) is 20.0. The van der Waals surface area contributed by atoms with Crippen molar-refractivity contribution in [2.45, 2.75) is 19.9 Å². The molecule has 2 aromatic carbocycles. The number of anilines is 2. The van der Waals surface area contributed by atoms with Gasteiger partial charge in [-0.2, -0.15) is 10.1 Å². The van der Waals surface area contributed by atoms with Crippen molar-refractivity contribution in [3.05, 3.63) is 71.7 Å². The number of carbonyl (C=O) groups is 2. The second kappa shape index (κ2) is 10.3. The molecule has 4 rings (SSSR count). The molecule has 1 aromatic heterocycles. The molecule has 3 aromatic rings. The van der Waals surface area contributed by atoms with Gasteiger partial charge in [0.15, 0.2) is 0 Å². The molecule has 182 valence electrons. The Hall–Kier alpha value is -4.34. The average molecular weight is 478 g/mol. The van der Waals surface area contributed by atoms with E-state index in [2.05, 4.69) is 15.4 Å². The van der Waals surface area contributed by atoms with E-state index in [1.54, 1.807) is 48.7 Å². The Kier molecular flexibility index (Phi) is 7.00. The van der Waals surface area contributed by atoms with Crippen LogP contribution in [0.4, 0.5) is 11.6 Å². The Labute approximate surface area is 203 Å².